The van der Waals surface area contributed by atoms with Gasteiger partial charge in [0, 0.05) is 25.7 Å². The average molecular weight is 273 g/mol. The lowest BCUT2D eigenvalue weighted by atomic mass is 10.1. The zero-order chi connectivity index (χ0) is 14.3. The fourth-order valence-corrected chi connectivity index (χ4v) is 2.90. The van der Waals surface area contributed by atoms with E-state index in [0.717, 1.165) is 11.1 Å². The van der Waals surface area contributed by atoms with Crippen LogP contribution in [0.25, 0.3) is 0 Å². The van der Waals surface area contributed by atoms with E-state index in [1.165, 1.54) is 17.1 Å². The maximum Gasteiger partial charge on any atom is 0.254 e. The lowest BCUT2D eigenvalue weighted by Gasteiger charge is -2.23. The Labute approximate surface area is 116 Å². The molecule has 1 aromatic carbocycles. The van der Waals surface area contributed by atoms with E-state index in [9.17, 15) is 9.59 Å². The van der Waals surface area contributed by atoms with Gasteiger partial charge in [-0.15, -0.1) is 0 Å². The van der Waals surface area contributed by atoms with Crippen LogP contribution in [0.2, 0.25) is 0 Å². The monoisotopic (exact) mass is 273 g/mol. The zero-order valence-corrected chi connectivity index (χ0v) is 11.3. The maximum absolute atomic E-state index is 11.9. The predicted molar refractivity (Wildman–Crippen MR) is 71.1 cm³/mol. The number of amides is 2. The minimum atomic E-state index is -0.292. The second-order valence-electron chi connectivity index (χ2n) is 4.85. The molecule has 5 heteroatoms. The average Bonchev–Trinajstić information content (AvgIpc) is 2.98. The Hall–Kier alpha value is -2.14. The molecule has 2 aliphatic rings. The summed E-state index contributed by atoms with van der Waals surface area (Å²) in [5.41, 5.74) is 1.92. The first kappa shape index (κ1) is 12.9. The maximum atomic E-state index is 11.9. The summed E-state index contributed by atoms with van der Waals surface area (Å²) in [6, 6.07) is 5.37. The summed E-state index contributed by atoms with van der Waals surface area (Å²) in [6.45, 7) is 0. The van der Waals surface area contributed by atoms with E-state index in [1.807, 2.05) is 18.2 Å². The second kappa shape index (κ2) is 4.76. The van der Waals surface area contributed by atoms with E-state index in [4.69, 9.17) is 9.47 Å². The van der Waals surface area contributed by atoms with E-state index in [1.54, 1.807) is 14.2 Å². The number of hydrogen-bond acceptors (Lipinski definition) is 4. The van der Waals surface area contributed by atoms with Gasteiger partial charge in [0.2, 0.25) is 0 Å². The number of benzene rings is 1. The van der Waals surface area contributed by atoms with Crippen molar-refractivity contribution in [2.45, 2.75) is 18.6 Å². The summed E-state index contributed by atoms with van der Waals surface area (Å²) < 4.78 is 10.7. The minimum absolute atomic E-state index is 0.109. The summed E-state index contributed by atoms with van der Waals surface area (Å²) in [5.74, 6) is 0.161. The molecule has 2 atom stereocenters. The van der Waals surface area contributed by atoms with Crippen LogP contribution < -0.4 is 4.74 Å². The van der Waals surface area contributed by atoms with Crippen LogP contribution in [0.4, 0.5) is 0 Å². The Morgan fingerprint density at radius 2 is 1.80 bits per heavy atom. The van der Waals surface area contributed by atoms with E-state index < -0.39 is 0 Å². The molecule has 0 bridgehead atoms. The molecule has 5 nitrogen and oxygen atoms in total. The summed E-state index contributed by atoms with van der Waals surface area (Å²) in [4.78, 5) is 25.0. The normalized spacial score (nSPS) is 24.4. The molecule has 104 valence electrons. The van der Waals surface area contributed by atoms with Gasteiger partial charge in [-0.2, -0.15) is 0 Å². The standard InChI is InChI=1S/C15H15NO4/c1-19-9-3-4-10-11(7-9)12(8-13(10)20-2)16-14(17)5-6-15(16)18/h3-7,12-13H,8H2,1-2H3/t12-,13-/m0/s1. The second-order valence-corrected chi connectivity index (χ2v) is 4.85. The van der Waals surface area contributed by atoms with Crippen LogP contribution in [0.5, 0.6) is 5.75 Å². The number of carbonyl (C=O) groups is 2. The van der Waals surface area contributed by atoms with E-state index in [2.05, 4.69) is 0 Å². The number of rotatable bonds is 3. The lowest BCUT2D eigenvalue weighted by Crippen LogP contribution is -2.33. The molecule has 0 saturated carbocycles. The topological polar surface area (TPSA) is 55.8 Å². The van der Waals surface area contributed by atoms with Gasteiger partial charge in [0.25, 0.3) is 11.8 Å². The number of methoxy groups -OCH3 is 2. The van der Waals surface area contributed by atoms with Gasteiger partial charge in [-0.25, -0.2) is 0 Å². The summed E-state index contributed by atoms with van der Waals surface area (Å²) in [6.07, 6.45) is 3.09. The van der Waals surface area contributed by atoms with Crippen molar-refractivity contribution < 1.29 is 19.1 Å². The molecule has 1 aliphatic heterocycles. The first-order valence-corrected chi connectivity index (χ1v) is 6.41. The molecule has 1 aliphatic carbocycles. The highest BCUT2D eigenvalue weighted by Gasteiger charge is 2.40. The first-order valence-electron chi connectivity index (χ1n) is 6.41. The van der Waals surface area contributed by atoms with Crippen molar-refractivity contribution in [1.82, 2.24) is 4.90 Å². The third-order valence-corrected chi connectivity index (χ3v) is 3.88. The van der Waals surface area contributed by atoms with Crippen LogP contribution in [0.1, 0.15) is 29.7 Å². The molecule has 0 aromatic heterocycles. The Morgan fingerprint density at radius 3 is 2.40 bits per heavy atom. The van der Waals surface area contributed by atoms with Gasteiger partial charge in [0.1, 0.15) is 5.75 Å². The van der Waals surface area contributed by atoms with Crippen LogP contribution in [0.3, 0.4) is 0 Å². The molecule has 1 heterocycles. The lowest BCUT2D eigenvalue weighted by molar-refractivity contribution is -0.140. The zero-order valence-electron chi connectivity index (χ0n) is 11.3. The third kappa shape index (κ3) is 1.82. The third-order valence-electron chi connectivity index (χ3n) is 3.88. The highest BCUT2D eigenvalue weighted by atomic mass is 16.5. The number of hydrogen-bond donors (Lipinski definition) is 0. The largest absolute Gasteiger partial charge is 0.497 e. The van der Waals surface area contributed by atoms with Crippen molar-refractivity contribution >= 4 is 11.8 Å². The molecule has 0 fully saturated rings. The predicted octanol–water partition coefficient (Wildman–Crippen LogP) is 1.75. The molecule has 3 rings (SSSR count). The van der Waals surface area contributed by atoms with E-state index in [0.29, 0.717) is 12.2 Å². The van der Waals surface area contributed by atoms with Crippen molar-refractivity contribution in [3.63, 3.8) is 0 Å². The van der Waals surface area contributed by atoms with Crippen LogP contribution in [0, 0.1) is 0 Å². The molecule has 0 spiro atoms. The van der Waals surface area contributed by atoms with Gasteiger partial charge in [-0.1, -0.05) is 6.07 Å². The highest BCUT2D eigenvalue weighted by Crippen LogP contribution is 2.45. The molecule has 20 heavy (non-hydrogen) atoms. The van der Waals surface area contributed by atoms with Crippen molar-refractivity contribution in [3.05, 3.63) is 41.5 Å². The fourth-order valence-electron chi connectivity index (χ4n) is 2.90. The van der Waals surface area contributed by atoms with Crippen molar-refractivity contribution in [2.75, 3.05) is 14.2 Å². The Kier molecular flexibility index (Phi) is 3.06. The molecule has 0 radical (unpaired) electrons. The van der Waals surface area contributed by atoms with Gasteiger partial charge in [-0.3, -0.25) is 14.5 Å². The Bertz CT molecular complexity index is 590. The molecule has 0 N–H and O–H groups in total. The number of ether oxygens (including phenoxy) is 2. The van der Waals surface area contributed by atoms with Gasteiger partial charge >= 0.3 is 0 Å². The number of fused-ring (bicyclic) bond motifs is 1. The molecule has 1 aromatic rings. The van der Waals surface area contributed by atoms with E-state index >= 15 is 0 Å². The van der Waals surface area contributed by atoms with Crippen LogP contribution in [0.15, 0.2) is 30.4 Å². The van der Waals surface area contributed by atoms with Crippen molar-refractivity contribution in [3.8, 4) is 5.75 Å². The highest BCUT2D eigenvalue weighted by molar-refractivity contribution is 6.13. The first-order chi connectivity index (χ1) is 9.65. The minimum Gasteiger partial charge on any atom is -0.497 e. The Morgan fingerprint density at radius 1 is 1.10 bits per heavy atom. The number of carbonyl (C=O) groups excluding carboxylic acids is 2. The number of nitrogens with zero attached hydrogens (tertiary/aromatic N) is 1. The molecule has 0 saturated heterocycles. The van der Waals surface area contributed by atoms with E-state index in [-0.39, 0.29) is 24.0 Å². The van der Waals surface area contributed by atoms with Gasteiger partial charge in [0.05, 0.1) is 19.3 Å². The quantitative estimate of drug-likeness (QED) is 0.787. The van der Waals surface area contributed by atoms with Crippen molar-refractivity contribution in [2.24, 2.45) is 0 Å². The smallest absolute Gasteiger partial charge is 0.254 e. The van der Waals surface area contributed by atoms with Gasteiger partial charge in [0.15, 0.2) is 0 Å². The summed E-state index contributed by atoms with van der Waals surface area (Å²) in [5, 5.41) is 0. The SMILES string of the molecule is COc1ccc2c(c1)[C@@H](N1C(=O)C=CC1=O)C[C@@H]2OC. The molecule has 2 amide bonds. The molecular formula is C15H15NO4. The summed E-state index contributed by atoms with van der Waals surface area (Å²) in [7, 11) is 3.22. The fraction of sp³-hybridized carbons (Fsp3) is 0.333. The van der Waals surface area contributed by atoms with Gasteiger partial charge in [-0.05, 0) is 23.3 Å². The van der Waals surface area contributed by atoms with Crippen LogP contribution >= 0.6 is 0 Å². The molecular weight excluding hydrogens is 258 g/mol. The number of imide groups is 1. The van der Waals surface area contributed by atoms with Crippen LogP contribution in [-0.2, 0) is 14.3 Å². The summed E-state index contributed by atoms with van der Waals surface area (Å²) >= 11 is 0. The molecule has 0 unspecified atom stereocenters. The van der Waals surface area contributed by atoms with Crippen molar-refractivity contribution in [1.29, 1.82) is 0 Å². The van der Waals surface area contributed by atoms with Crippen LogP contribution in [-0.4, -0.2) is 30.9 Å². The van der Waals surface area contributed by atoms with Gasteiger partial charge < -0.3 is 9.47 Å². The Balaban J connectivity index is 2.03.